The van der Waals surface area contributed by atoms with Crippen LogP contribution in [-0.2, 0) is 16.7 Å². The predicted octanol–water partition coefficient (Wildman–Crippen LogP) is 4.83. The summed E-state index contributed by atoms with van der Waals surface area (Å²) in [6, 6.07) is 4.68. The van der Waals surface area contributed by atoms with Crippen molar-refractivity contribution in [2.75, 3.05) is 0 Å². The molecule has 0 aliphatic carbocycles. The molecule has 1 aromatic heterocycles. The van der Waals surface area contributed by atoms with E-state index >= 15 is 0 Å². The van der Waals surface area contributed by atoms with Gasteiger partial charge in [-0.2, -0.15) is 13.2 Å². The number of aromatic nitrogens is 1. The van der Waals surface area contributed by atoms with Crippen molar-refractivity contribution in [2.45, 2.75) is 37.6 Å². The Labute approximate surface area is 178 Å². The summed E-state index contributed by atoms with van der Waals surface area (Å²) in [7, 11) is 0. The van der Waals surface area contributed by atoms with Gasteiger partial charge in [-0.25, -0.2) is 9.38 Å². The highest BCUT2D eigenvalue weighted by atomic mass is 35.5. The maximum atomic E-state index is 14.8. The summed E-state index contributed by atoms with van der Waals surface area (Å²) in [6.07, 6.45) is -6.61. The standard InChI is InChI=1S/C19H15Cl2F4N3O2/c1-18(7-15(19(23,24)25)30-17(26)28-18)11-4-9(5-12(21)16(11)22)6-14(29)13-3-2-10(20)8-27-13/h2-5,8,15H,6-7H2,1H3,(H2,26,28)/t15-,18-/m0/s1. The Morgan fingerprint density at radius 1 is 1.33 bits per heavy atom. The van der Waals surface area contributed by atoms with Crippen molar-refractivity contribution >= 4 is 35.0 Å². The molecule has 160 valence electrons. The van der Waals surface area contributed by atoms with Crippen molar-refractivity contribution in [1.82, 2.24) is 4.98 Å². The predicted molar refractivity (Wildman–Crippen MR) is 103 cm³/mol. The molecule has 2 aromatic rings. The molecule has 2 N–H and O–H groups in total. The minimum absolute atomic E-state index is 0.123. The molecular weight excluding hydrogens is 449 g/mol. The molecule has 0 radical (unpaired) electrons. The van der Waals surface area contributed by atoms with Gasteiger partial charge in [0.2, 0.25) is 0 Å². The van der Waals surface area contributed by atoms with Crippen molar-refractivity contribution in [1.29, 1.82) is 0 Å². The minimum atomic E-state index is -4.73. The second-order valence-electron chi connectivity index (χ2n) is 6.98. The number of carbonyl (C=O) groups excluding carboxylic acids is 1. The molecule has 5 nitrogen and oxygen atoms in total. The van der Waals surface area contributed by atoms with Gasteiger partial charge >= 0.3 is 6.18 Å². The van der Waals surface area contributed by atoms with Crippen molar-refractivity contribution in [3.05, 3.63) is 63.1 Å². The van der Waals surface area contributed by atoms with Gasteiger partial charge in [0.25, 0.3) is 6.02 Å². The Kier molecular flexibility index (Phi) is 5.97. The highest BCUT2D eigenvalue weighted by Gasteiger charge is 2.50. The average molecular weight is 464 g/mol. The number of nitrogens with zero attached hydrogens (tertiary/aromatic N) is 2. The van der Waals surface area contributed by atoms with Crippen LogP contribution in [-0.4, -0.2) is 29.1 Å². The number of alkyl halides is 3. The number of aliphatic imine (C=N–C) groups is 1. The number of halogens is 6. The van der Waals surface area contributed by atoms with Crippen LogP contribution in [0.15, 0.2) is 35.5 Å². The lowest BCUT2D eigenvalue weighted by atomic mass is 9.84. The average Bonchev–Trinajstić information content (AvgIpc) is 2.63. The second-order valence-corrected chi connectivity index (χ2v) is 7.82. The molecular formula is C19H15Cl2F4N3O2. The van der Waals surface area contributed by atoms with Crippen LogP contribution < -0.4 is 5.73 Å². The van der Waals surface area contributed by atoms with Crippen molar-refractivity contribution in [2.24, 2.45) is 10.7 Å². The summed E-state index contributed by atoms with van der Waals surface area (Å²) >= 11 is 11.7. The fourth-order valence-corrected chi connectivity index (χ4v) is 3.53. The number of benzene rings is 1. The molecule has 1 aliphatic rings. The van der Waals surface area contributed by atoms with Crippen LogP contribution in [0, 0.1) is 5.82 Å². The first-order chi connectivity index (χ1) is 13.9. The van der Waals surface area contributed by atoms with Gasteiger partial charge in [0, 0.05) is 24.6 Å². The molecule has 30 heavy (non-hydrogen) atoms. The number of Topliss-reactive ketones (excluding diaryl/α,β-unsaturated/α-hetero) is 1. The van der Waals surface area contributed by atoms with Gasteiger partial charge in [-0.3, -0.25) is 9.78 Å². The number of amidine groups is 1. The highest BCUT2D eigenvalue weighted by Crippen LogP contribution is 2.42. The normalized spacial score (nSPS) is 21.7. The number of rotatable bonds is 4. The largest absolute Gasteiger partial charge is 0.452 e. The van der Waals surface area contributed by atoms with Crippen LogP contribution >= 0.6 is 23.2 Å². The van der Waals surface area contributed by atoms with Gasteiger partial charge < -0.3 is 10.5 Å². The topological polar surface area (TPSA) is 77.6 Å². The highest BCUT2D eigenvalue weighted by molar-refractivity contribution is 6.31. The summed E-state index contributed by atoms with van der Waals surface area (Å²) in [4.78, 5) is 20.3. The molecule has 0 unspecified atom stereocenters. The van der Waals surface area contributed by atoms with Gasteiger partial charge in [-0.15, -0.1) is 0 Å². The maximum absolute atomic E-state index is 14.8. The molecule has 1 aliphatic heterocycles. The Balaban J connectivity index is 1.97. The summed E-state index contributed by atoms with van der Waals surface area (Å²) < 4.78 is 59.0. The third-order valence-electron chi connectivity index (χ3n) is 4.61. The molecule has 1 aromatic carbocycles. The van der Waals surface area contributed by atoms with Crippen LogP contribution in [0.2, 0.25) is 10.0 Å². The summed E-state index contributed by atoms with van der Waals surface area (Å²) in [5.74, 6) is -1.35. The quantitative estimate of drug-likeness (QED) is 0.520. The molecule has 0 amide bonds. The maximum Gasteiger partial charge on any atom is 0.425 e. The molecule has 0 spiro atoms. The van der Waals surface area contributed by atoms with Crippen LogP contribution in [0.1, 0.15) is 35.0 Å². The Morgan fingerprint density at radius 2 is 2.03 bits per heavy atom. The van der Waals surface area contributed by atoms with E-state index in [9.17, 15) is 22.4 Å². The van der Waals surface area contributed by atoms with E-state index in [0.29, 0.717) is 5.02 Å². The summed E-state index contributed by atoms with van der Waals surface area (Å²) in [5, 5.41) is -0.00909. The second kappa shape index (κ2) is 8.03. The first-order valence-corrected chi connectivity index (χ1v) is 9.36. The summed E-state index contributed by atoms with van der Waals surface area (Å²) in [5.41, 5.74) is 3.91. The fraction of sp³-hybridized carbons (Fsp3) is 0.316. The Morgan fingerprint density at radius 3 is 2.63 bits per heavy atom. The van der Waals surface area contributed by atoms with E-state index in [1.54, 1.807) is 0 Å². The van der Waals surface area contributed by atoms with Crippen LogP contribution in [0.3, 0.4) is 0 Å². The summed E-state index contributed by atoms with van der Waals surface area (Å²) in [6.45, 7) is 1.29. The SMILES string of the molecule is C[C@@]1(c2cc(CC(=O)c3ccc(Cl)cn3)cc(Cl)c2F)C[C@@H](C(F)(F)F)OC(N)=N1. The molecule has 0 saturated heterocycles. The van der Waals surface area contributed by atoms with Crippen molar-refractivity contribution in [3.8, 4) is 0 Å². The van der Waals surface area contributed by atoms with Crippen molar-refractivity contribution in [3.63, 3.8) is 0 Å². The molecule has 3 rings (SSSR count). The van der Waals surface area contributed by atoms with Gasteiger partial charge in [-0.05, 0) is 36.8 Å². The zero-order chi connectivity index (χ0) is 22.3. The van der Waals surface area contributed by atoms with Crippen LogP contribution in [0.5, 0.6) is 0 Å². The lowest BCUT2D eigenvalue weighted by Crippen LogP contribution is -2.46. The number of nitrogens with two attached hydrogens (primary N) is 1. The molecule has 2 heterocycles. The van der Waals surface area contributed by atoms with Gasteiger partial charge in [-0.1, -0.05) is 23.2 Å². The van der Waals surface area contributed by atoms with Crippen LogP contribution in [0.25, 0.3) is 0 Å². The Bertz CT molecular complexity index is 1010. The minimum Gasteiger partial charge on any atom is -0.452 e. The first kappa shape index (κ1) is 22.3. The van der Waals surface area contributed by atoms with E-state index in [4.69, 9.17) is 28.9 Å². The van der Waals surface area contributed by atoms with Crippen LogP contribution in [0.4, 0.5) is 17.6 Å². The van der Waals surface area contributed by atoms with E-state index in [0.717, 1.165) is 0 Å². The number of hydrogen-bond acceptors (Lipinski definition) is 5. The van der Waals surface area contributed by atoms with E-state index < -0.39 is 41.9 Å². The van der Waals surface area contributed by atoms with E-state index in [2.05, 4.69) is 14.7 Å². The molecule has 11 heteroatoms. The molecule has 0 fully saturated rings. The number of pyridine rings is 1. The third-order valence-corrected chi connectivity index (χ3v) is 5.11. The lowest BCUT2D eigenvalue weighted by molar-refractivity contribution is -0.208. The number of ketones is 1. The lowest BCUT2D eigenvalue weighted by Gasteiger charge is -2.36. The monoisotopic (exact) mass is 463 g/mol. The number of ether oxygens (including phenoxy) is 1. The Hall–Kier alpha value is -2.39. The number of hydrogen-bond donors (Lipinski definition) is 1. The zero-order valence-corrected chi connectivity index (χ0v) is 16.9. The van der Waals surface area contributed by atoms with Gasteiger partial charge in [0.1, 0.15) is 11.5 Å². The van der Waals surface area contributed by atoms with E-state index in [-0.39, 0.29) is 28.3 Å². The fourth-order valence-electron chi connectivity index (χ4n) is 3.17. The third kappa shape index (κ3) is 4.67. The smallest absolute Gasteiger partial charge is 0.425 e. The molecule has 0 bridgehead atoms. The van der Waals surface area contributed by atoms with Crippen molar-refractivity contribution < 1.29 is 27.1 Å². The van der Waals surface area contributed by atoms with Gasteiger partial charge in [0.15, 0.2) is 11.9 Å². The number of carbonyl (C=O) groups is 1. The zero-order valence-electron chi connectivity index (χ0n) is 15.4. The van der Waals surface area contributed by atoms with Gasteiger partial charge in [0.05, 0.1) is 15.6 Å². The van der Waals surface area contributed by atoms with E-state index in [1.165, 1.54) is 37.4 Å². The molecule has 0 saturated carbocycles. The first-order valence-electron chi connectivity index (χ1n) is 8.61. The van der Waals surface area contributed by atoms with E-state index in [1.807, 2.05) is 0 Å². The molecule has 2 atom stereocenters.